The van der Waals surface area contributed by atoms with Crippen molar-refractivity contribution in [3.05, 3.63) is 35.9 Å². The fraction of sp³-hybridized carbons (Fsp3) is 0.273. The highest BCUT2D eigenvalue weighted by Crippen LogP contribution is 2.30. The number of ether oxygens (including phenoxy) is 1. The van der Waals surface area contributed by atoms with Gasteiger partial charge in [-0.15, -0.1) is 6.58 Å². The van der Waals surface area contributed by atoms with Crippen molar-refractivity contribution in [2.24, 2.45) is 0 Å². The third-order valence-electron chi connectivity index (χ3n) is 1.90. The summed E-state index contributed by atoms with van der Waals surface area (Å²) >= 11 is 0. The van der Waals surface area contributed by atoms with E-state index in [4.69, 9.17) is 4.74 Å². The van der Waals surface area contributed by atoms with Gasteiger partial charge in [0.1, 0.15) is 0 Å². The highest BCUT2D eigenvalue weighted by molar-refractivity contribution is 5.48. The number of phenolic OH excluding ortho intramolecular Hbond substituents is 1. The zero-order valence-electron chi connectivity index (χ0n) is 8.00. The molecule has 0 fully saturated rings. The molecule has 0 heterocycles. The molecule has 0 atom stereocenters. The maximum atomic E-state index is 9.54. The molecule has 1 rings (SSSR count). The lowest BCUT2D eigenvalue weighted by atomic mass is 10.1. The van der Waals surface area contributed by atoms with Gasteiger partial charge in [0.05, 0.1) is 7.11 Å². The molecule has 0 aliphatic heterocycles. The molecular formula is C11H14O2. The van der Waals surface area contributed by atoms with Crippen molar-refractivity contribution in [3.63, 3.8) is 0 Å². The van der Waals surface area contributed by atoms with Gasteiger partial charge in [-0.2, -0.15) is 0 Å². The molecule has 0 spiro atoms. The van der Waals surface area contributed by atoms with Crippen LogP contribution in [0.15, 0.2) is 24.8 Å². The van der Waals surface area contributed by atoms with Gasteiger partial charge in [0.2, 0.25) is 0 Å². The van der Waals surface area contributed by atoms with Gasteiger partial charge in [-0.3, -0.25) is 0 Å². The Bertz CT molecular complexity index is 293. The van der Waals surface area contributed by atoms with Crippen LogP contribution in [0.25, 0.3) is 0 Å². The van der Waals surface area contributed by atoms with E-state index in [-0.39, 0.29) is 5.75 Å². The number of benzene rings is 1. The second-order valence-electron chi connectivity index (χ2n) is 2.96. The lowest BCUT2D eigenvalue weighted by Gasteiger charge is -2.08. The van der Waals surface area contributed by atoms with Crippen LogP contribution in [0.5, 0.6) is 11.5 Å². The largest absolute Gasteiger partial charge is 0.504 e. The Kier molecular flexibility index (Phi) is 2.96. The van der Waals surface area contributed by atoms with E-state index >= 15 is 0 Å². The van der Waals surface area contributed by atoms with E-state index in [1.165, 1.54) is 0 Å². The topological polar surface area (TPSA) is 29.5 Å². The molecule has 0 radical (unpaired) electrons. The summed E-state index contributed by atoms with van der Waals surface area (Å²) in [5.74, 6) is 0.743. The molecule has 1 aromatic carbocycles. The average molecular weight is 178 g/mol. The lowest BCUT2D eigenvalue weighted by molar-refractivity contribution is 0.370. The molecule has 70 valence electrons. The summed E-state index contributed by atoms with van der Waals surface area (Å²) in [6.45, 7) is 5.55. The van der Waals surface area contributed by atoms with Gasteiger partial charge in [-0.1, -0.05) is 12.1 Å². The van der Waals surface area contributed by atoms with Crippen molar-refractivity contribution in [2.45, 2.75) is 13.3 Å². The molecule has 0 aromatic heterocycles. The Balaban J connectivity index is 3.12. The first-order chi connectivity index (χ1) is 6.19. The number of aryl methyl sites for hydroxylation is 1. The van der Waals surface area contributed by atoms with E-state index < -0.39 is 0 Å². The average Bonchev–Trinajstić information content (AvgIpc) is 2.04. The van der Waals surface area contributed by atoms with E-state index in [0.717, 1.165) is 17.5 Å². The number of hydrogen-bond donors (Lipinski definition) is 1. The van der Waals surface area contributed by atoms with E-state index in [9.17, 15) is 5.11 Å². The third-order valence-corrected chi connectivity index (χ3v) is 1.90. The Hall–Kier alpha value is -1.44. The summed E-state index contributed by atoms with van der Waals surface area (Å²) in [6, 6.07) is 3.69. The van der Waals surface area contributed by atoms with Crippen LogP contribution in [0.3, 0.4) is 0 Å². The van der Waals surface area contributed by atoms with Crippen molar-refractivity contribution in [1.82, 2.24) is 0 Å². The number of hydrogen-bond acceptors (Lipinski definition) is 2. The van der Waals surface area contributed by atoms with Crippen LogP contribution >= 0.6 is 0 Å². The minimum absolute atomic E-state index is 0.194. The molecule has 0 saturated heterocycles. The first kappa shape index (κ1) is 9.65. The highest BCUT2D eigenvalue weighted by Gasteiger charge is 2.06. The summed E-state index contributed by atoms with van der Waals surface area (Å²) < 4.78 is 5.03. The molecule has 2 heteroatoms. The molecule has 2 nitrogen and oxygen atoms in total. The van der Waals surface area contributed by atoms with Gasteiger partial charge in [0.25, 0.3) is 0 Å². The van der Waals surface area contributed by atoms with E-state index in [1.807, 2.05) is 13.0 Å². The molecule has 1 N–H and O–H groups in total. The fourth-order valence-corrected chi connectivity index (χ4v) is 1.38. The lowest BCUT2D eigenvalue weighted by Crippen LogP contribution is -1.90. The summed E-state index contributed by atoms with van der Waals surface area (Å²) in [4.78, 5) is 0. The monoisotopic (exact) mass is 178 g/mol. The van der Waals surface area contributed by atoms with Gasteiger partial charge in [0, 0.05) is 0 Å². The van der Waals surface area contributed by atoms with Crippen LogP contribution in [0.1, 0.15) is 11.1 Å². The van der Waals surface area contributed by atoms with Gasteiger partial charge in [-0.05, 0) is 30.5 Å². The maximum absolute atomic E-state index is 9.54. The third kappa shape index (κ3) is 2.02. The van der Waals surface area contributed by atoms with Crippen molar-refractivity contribution in [2.75, 3.05) is 7.11 Å². The molecule has 0 bridgehead atoms. The molecule has 0 aliphatic carbocycles. The number of rotatable bonds is 3. The molecule has 0 amide bonds. The number of aromatic hydroxyl groups is 1. The fourth-order valence-electron chi connectivity index (χ4n) is 1.38. The Morgan fingerprint density at radius 3 is 2.69 bits per heavy atom. The Morgan fingerprint density at radius 1 is 1.54 bits per heavy atom. The summed E-state index contributed by atoms with van der Waals surface area (Å²) in [6.07, 6.45) is 2.57. The standard InChI is InChI=1S/C11H14O2/c1-4-5-9-6-8(2)11(13-3)10(12)7-9/h4,6-7,12H,1,5H2,2-3H3. The maximum Gasteiger partial charge on any atom is 0.163 e. The summed E-state index contributed by atoms with van der Waals surface area (Å²) in [7, 11) is 1.55. The van der Waals surface area contributed by atoms with Gasteiger partial charge in [-0.25, -0.2) is 0 Å². The van der Waals surface area contributed by atoms with Crippen molar-refractivity contribution in [1.29, 1.82) is 0 Å². The van der Waals surface area contributed by atoms with Crippen molar-refractivity contribution < 1.29 is 9.84 Å². The first-order valence-corrected chi connectivity index (χ1v) is 4.16. The quantitative estimate of drug-likeness (QED) is 0.720. The van der Waals surface area contributed by atoms with Crippen LogP contribution in [0, 0.1) is 6.92 Å². The van der Waals surface area contributed by atoms with E-state index in [1.54, 1.807) is 19.3 Å². The van der Waals surface area contributed by atoms with Gasteiger partial charge >= 0.3 is 0 Å². The normalized spacial score (nSPS) is 9.69. The van der Waals surface area contributed by atoms with Crippen LogP contribution in [0.4, 0.5) is 0 Å². The van der Waals surface area contributed by atoms with E-state index in [0.29, 0.717) is 5.75 Å². The number of methoxy groups -OCH3 is 1. The molecule has 13 heavy (non-hydrogen) atoms. The Labute approximate surface area is 78.5 Å². The molecule has 1 aromatic rings. The molecular weight excluding hydrogens is 164 g/mol. The van der Waals surface area contributed by atoms with E-state index in [2.05, 4.69) is 6.58 Å². The van der Waals surface area contributed by atoms with Crippen molar-refractivity contribution in [3.8, 4) is 11.5 Å². The zero-order valence-corrected chi connectivity index (χ0v) is 8.00. The Morgan fingerprint density at radius 2 is 2.23 bits per heavy atom. The highest BCUT2D eigenvalue weighted by atomic mass is 16.5. The summed E-state index contributed by atoms with van der Waals surface area (Å²) in [5.41, 5.74) is 1.99. The first-order valence-electron chi connectivity index (χ1n) is 4.16. The van der Waals surface area contributed by atoms with Crippen LogP contribution < -0.4 is 4.74 Å². The number of allylic oxidation sites excluding steroid dienone is 1. The minimum Gasteiger partial charge on any atom is -0.504 e. The SMILES string of the molecule is C=CCc1cc(C)c(OC)c(O)c1. The second-order valence-corrected chi connectivity index (χ2v) is 2.96. The van der Waals surface area contributed by atoms with Gasteiger partial charge in [0.15, 0.2) is 11.5 Å². The second kappa shape index (κ2) is 3.99. The smallest absolute Gasteiger partial charge is 0.163 e. The predicted octanol–water partition coefficient (Wildman–Crippen LogP) is 2.44. The van der Waals surface area contributed by atoms with Crippen molar-refractivity contribution >= 4 is 0 Å². The van der Waals surface area contributed by atoms with Gasteiger partial charge < -0.3 is 9.84 Å². The summed E-state index contributed by atoms with van der Waals surface area (Å²) in [5, 5.41) is 9.54. The molecule has 0 aliphatic rings. The van der Waals surface area contributed by atoms with Crippen LogP contribution in [-0.2, 0) is 6.42 Å². The zero-order chi connectivity index (χ0) is 9.84. The predicted molar refractivity (Wildman–Crippen MR) is 53.3 cm³/mol. The van der Waals surface area contributed by atoms with Crippen LogP contribution in [-0.4, -0.2) is 12.2 Å². The number of phenols is 1. The van der Waals surface area contributed by atoms with Crippen LogP contribution in [0.2, 0.25) is 0 Å². The minimum atomic E-state index is 0.194. The molecule has 0 unspecified atom stereocenters. The molecule has 0 saturated carbocycles.